The number of benzene rings is 2. The van der Waals surface area contributed by atoms with Gasteiger partial charge in [0, 0.05) is 11.0 Å². The van der Waals surface area contributed by atoms with E-state index < -0.39 is 8.15 Å². The molecule has 2 rings (SSSR count). The van der Waals surface area contributed by atoms with Gasteiger partial charge in [0.2, 0.25) is 0 Å². The first-order valence-electron chi connectivity index (χ1n) is 6.67. The smallest absolute Gasteiger partial charge is 0.124 e. The second-order valence-electron chi connectivity index (χ2n) is 5.17. The van der Waals surface area contributed by atoms with Crippen molar-refractivity contribution in [3.8, 4) is 5.75 Å². The number of rotatable bonds is 4. The van der Waals surface area contributed by atoms with Gasteiger partial charge in [0.05, 0.1) is 0 Å². The second kappa shape index (κ2) is 6.21. The SMILES string of the molecule is Cc1cccc(OP(c2cccc(C)c2)C(C)C)c1. The molecule has 0 bridgehead atoms. The fourth-order valence-corrected chi connectivity index (χ4v) is 3.82. The zero-order valence-electron chi connectivity index (χ0n) is 12.1. The van der Waals surface area contributed by atoms with Gasteiger partial charge in [-0.2, -0.15) is 0 Å². The van der Waals surface area contributed by atoms with E-state index in [-0.39, 0.29) is 0 Å². The van der Waals surface area contributed by atoms with Gasteiger partial charge in [-0.05, 0) is 37.6 Å². The lowest BCUT2D eigenvalue weighted by Gasteiger charge is -2.23. The van der Waals surface area contributed by atoms with E-state index in [1.807, 2.05) is 6.07 Å². The Hall–Kier alpha value is -1.33. The molecule has 0 aliphatic heterocycles. The van der Waals surface area contributed by atoms with E-state index in [1.54, 1.807) is 0 Å². The Bertz CT molecular complexity index is 548. The lowest BCUT2D eigenvalue weighted by atomic mass is 10.2. The maximum atomic E-state index is 6.26. The minimum atomic E-state index is -0.620. The summed E-state index contributed by atoms with van der Waals surface area (Å²) in [5, 5.41) is 1.31. The molecule has 1 unspecified atom stereocenters. The second-order valence-corrected chi connectivity index (χ2v) is 7.55. The molecule has 0 fully saturated rings. The maximum absolute atomic E-state index is 6.26. The first-order valence-corrected chi connectivity index (χ1v) is 7.99. The molecule has 1 nitrogen and oxygen atoms in total. The van der Waals surface area contributed by atoms with Crippen LogP contribution in [0.15, 0.2) is 48.5 Å². The summed E-state index contributed by atoms with van der Waals surface area (Å²) in [6, 6.07) is 16.9. The fourth-order valence-electron chi connectivity index (χ4n) is 2.01. The van der Waals surface area contributed by atoms with Crippen molar-refractivity contribution in [1.82, 2.24) is 0 Å². The Morgan fingerprint density at radius 1 is 0.895 bits per heavy atom. The molecular weight excluding hydrogens is 251 g/mol. The average molecular weight is 272 g/mol. The maximum Gasteiger partial charge on any atom is 0.124 e. The molecule has 0 aromatic heterocycles. The van der Waals surface area contributed by atoms with Crippen molar-refractivity contribution in [2.45, 2.75) is 33.4 Å². The van der Waals surface area contributed by atoms with Crippen LogP contribution in [0.2, 0.25) is 0 Å². The average Bonchev–Trinajstić information content (AvgIpc) is 2.35. The van der Waals surface area contributed by atoms with E-state index in [1.165, 1.54) is 16.4 Å². The Labute approximate surface area is 117 Å². The molecule has 19 heavy (non-hydrogen) atoms. The van der Waals surface area contributed by atoms with Gasteiger partial charge in [-0.25, -0.2) is 0 Å². The molecule has 2 aromatic carbocycles. The van der Waals surface area contributed by atoms with Gasteiger partial charge in [-0.15, -0.1) is 0 Å². The van der Waals surface area contributed by atoms with Crippen LogP contribution in [-0.4, -0.2) is 5.66 Å². The highest BCUT2D eigenvalue weighted by molar-refractivity contribution is 7.61. The van der Waals surface area contributed by atoms with Crippen molar-refractivity contribution < 1.29 is 4.52 Å². The zero-order chi connectivity index (χ0) is 13.8. The first kappa shape index (κ1) is 14.1. The van der Waals surface area contributed by atoms with Crippen molar-refractivity contribution in [2.75, 3.05) is 0 Å². The normalized spacial score (nSPS) is 12.5. The highest BCUT2D eigenvalue weighted by Gasteiger charge is 2.18. The first-order chi connectivity index (χ1) is 9.06. The summed E-state index contributed by atoms with van der Waals surface area (Å²) in [6.45, 7) is 8.68. The van der Waals surface area contributed by atoms with Gasteiger partial charge in [-0.3, -0.25) is 0 Å². The summed E-state index contributed by atoms with van der Waals surface area (Å²) in [6.07, 6.45) is 0. The molecule has 0 saturated carbocycles. The Morgan fingerprint density at radius 2 is 1.53 bits per heavy atom. The van der Waals surface area contributed by atoms with Crippen molar-refractivity contribution >= 4 is 13.5 Å². The molecule has 100 valence electrons. The quantitative estimate of drug-likeness (QED) is 0.725. The van der Waals surface area contributed by atoms with Crippen LogP contribution in [0.4, 0.5) is 0 Å². The summed E-state index contributed by atoms with van der Waals surface area (Å²) in [5.74, 6) is 0.973. The van der Waals surface area contributed by atoms with Crippen LogP contribution < -0.4 is 9.83 Å². The summed E-state index contributed by atoms with van der Waals surface area (Å²) in [5.41, 5.74) is 3.02. The number of hydrogen-bond acceptors (Lipinski definition) is 1. The van der Waals surface area contributed by atoms with Crippen LogP contribution in [0.5, 0.6) is 5.75 Å². The molecule has 0 aliphatic rings. The van der Waals surface area contributed by atoms with Crippen molar-refractivity contribution in [2.24, 2.45) is 0 Å². The molecular formula is C17H21OP. The van der Waals surface area contributed by atoms with E-state index in [0.29, 0.717) is 5.66 Å². The Kier molecular flexibility index (Phi) is 4.61. The molecule has 0 N–H and O–H groups in total. The van der Waals surface area contributed by atoms with Crippen LogP contribution in [-0.2, 0) is 0 Å². The summed E-state index contributed by atoms with van der Waals surface area (Å²) in [4.78, 5) is 0. The van der Waals surface area contributed by atoms with Crippen molar-refractivity contribution in [3.05, 3.63) is 59.7 Å². The zero-order valence-corrected chi connectivity index (χ0v) is 12.9. The lowest BCUT2D eigenvalue weighted by molar-refractivity contribution is 0.612. The van der Waals surface area contributed by atoms with Gasteiger partial charge >= 0.3 is 0 Å². The molecule has 2 aromatic rings. The van der Waals surface area contributed by atoms with Gasteiger partial charge in [0.25, 0.3) is 0 Å². The topological polar surface area (TPSA) is 9.23 Å². The highest BCUT2D eigenvalue weighted by Crippen LogP contribution is 2.42. The lowest BCUT2D eigenvalue weighted by Crippen LogP contribution is -2.12. The number of aryl methyl sites for hydroxylation is 2. The van der Waals surface area contributed by atoms with Crippen molar-refractivity contribution in [3.63, 3.8) is 0 Å². The van der Waals surface area contributed by atoms with E-state index in [2.05, 4.69) is 70.2 Å². The van der Waals surface area contributed by atoms with Crippen LogP contribution in [0.1, 0.15) is 25.0 Å². The third-order valence-corrected chi connectivity index (χ3v) is 5.05. The standard InChI is InChI=1S/C17H21OP/c1-13(2)19(17-10-6-8-15(4)12-17)18-16-9-5-7-14(3)11-16/h5-13H,1-4H3. The van der Waals surface area contributed by atoms with Gasteiger partial charge in [0.1, 0.15) is 13.9 Å². The van der Waals surface area contributed by atoms with Gasteiger partial charge < -0.3 is 4.52 Å². The minimum absolute atomic E-state index is 0.498. The Balaban J connectivity index is 2.26. The monoisotopic (exact) mass is 272 g/mol. The van der Waals surface area contributed by atoms with E-state index in [0.717, 1.165) is 5.75 Å². The summed E-state index contributed by atoms with van der Waals surface area (Å²) < 4.78 is 6.26. The van der Waals surface area contributed by atoms with Crippen LogP contribution in [0.3, 0.4) is 0 Å². The molecule has 0 amide bonds. The molecule has 2 heteroatoms. The number of hydrogen-bond donors (Lipinski definition) is 0. The van der Waals surface area contributed by atoms with E-state index >= 15 is 0 Å². The third-order valence-electron chi connectivity index (χ3n) is 2.92. The van der Waals surface area contributed by atoms with Crippen molar-refractivity contribution in [1.29, 1.82) is 0 Å². The van der Waals surface area contributed by atoms with Crippen LogP contribution >= 0.6 is 8.15 Å². The predicted molar refractivity (Wildman–Crippen MR) is 84.7 cm³/mol. The fraction of sp³-hybridized carbons (Fsp3) is 0.294. The van der Waals surface area contributed by atoms with Gasteiger partial charge in [0.15, 0.2) is 0 Å². The Morgan fingerprint density at radius 3 is 2.11 bits per heavy atom. The summed E-state index contributed by atoms with van der Waals surface area (Å²) in [7, 11) is -0.620. The highest BCUT2D eigenvalue weighted by atomic mass is 31.1. The minimum Gasteiger partial charge on any atom is -0.469 e. The predicted octanol–water partition coefficient (Wildman–Crippen LogP) is 4.81. The van der Waals surface area contributed by atoms with Gasteiger partial charge in [-0.1, -0.05) is 49.7 Å². The molecule has 0 aliphatic carbocycles. The molecule has 0 saturated heterocycles. The molecule has 0 spiro atoms. The van der Waals surface area contributed by atoms with Crippen LogP contribution in [0, 0.1) is 13.8 Å². The van der Waals surface area contributed by atoms with E-state index in [4.69, 9.17) is 4.52 Å². The largest absolute Gasteiger partial charge is 0.469 e. The van der Waals surface area contributed by atoms with Crippen LogP contribution in [0.25, 0.3) is 0 Å². The third kappa shape index (κ3) is 3.81. The summed E-state index contributed by atoms with van der Waals surface area (Å²) >= 11 is 0. The molecule has 0 radical (unpaired) electrons. The molecule has 1 atom stereocenters. The van der Waals surface area contributed by atoms with E-state index in [9.17, 15) is 0 Å². The molecule has 0 heterocycles.